The van der Waals surface area contributed by atoms with Crippen molar-refractivity contribution in [2.24, 2.45) is 0 Å². The minimum absolute atomic E-state index is 1.62. The zero-order valence-corrected chi connectivity index (χ0v) is 11.0. The van der Waals surface area contributed by atoms with Crippen LogP contribution in [0.4, 0.5) is 0 Å². The molecule has 3 rings (SSSR count). The second-order valence-electron chi connectivity index (χ2n) is 2.66. The van der Waals surface area contributed by atoms with Crippen LogP contribution >= 0.6 is 8.25 Å². The van der Waals surface area contributed by atoms with Gasteiger partial charge in [0.2, 0.25) is 0 Å². The molecule has 0 saturated heterocycles. The van der Waals surface area contributed by atoms with Crippen LogP contribution < -0.4 is 0 Å². The predicted octanol–water partition coefficient (Wildman–Crippen LogP) is 3.20. The Hall–Kier alpha value is -2.01. The molecular formula is C12H15O6P. The smallest absolute Gasteiger partial charge is 0.314 e. The summed E-state index contributed by atoms with van der Waals surface area (Å²) in [6.07, 6.45) is 9.75. The van der Waals surface area contributed by atoms with Crippen LogP contribution in [0.2, 0.25) is 0 Å². The Labute approximate surface area is 110 Å². The maximum absolute atomic E-state index is 8.74. The minimum atomic E-state index is -3.13. The van der Waals surface area contributed by atoms with Crippen LogP contribution in [-0.2, 0) is 4.57 Å². The monoisotopic (exact) mass is 286 g/mol. The van der Waals surface area contributed by atoms with Crippen LogP contribution in [0.1, 0.15) is 0 Å². The van der Waals surface area contributed by atoms with Crippen molar-refractivity contribution >= 4 is 8.25 Å². The van der Waals surface area contributed by atoms with Crippen molar-refractivity contribution < 1.29 is 27.6 Å². The lowest BCUT2D eigenvalue weighted by atomic mass is 10.7. The average Bonchev–Trinajstić information content (AvgIpc) is 3.18. The van der Waals surface area contributed by atoms with Crippen molar-refractivity contribution in [1.82, 2.24) is 0 Å². The molecular weight excluding hydrogens is 271 g/mol. The molecule has 3 aromatic heterocycles. The Balaban J connectivity index is 0.000000229. The summed E-state index contributed by atoms with van der Waals surface area (Å²) in [5, 5.41) is 0. The Kier molecular flexibility index (Phi) is 12.6. The highest BCUT2D eigenvalue weighted by atomic mass is 31.1. The van der Waals surface area contributed by atoms with Crippen LogP contribution in [0, 0.1) is 0 Å². The fourth-order valence-electron chi connectivity index (χ4n) is 0.680. The Morgan fingerprint density at radius 3 is 0.789 bits per heavy atom. The molecule has 104 valence electrons. The first-order valence-electron chi connectivity index (χ1n) is 5.07. The van der Waals surface area contributed by atoms with E-state index in [9.17, 15) is 0 Å². The third-order valence-electron chi connectivity index (χ3n) is 1.28. The highest BCUT2D eigenvalue weighted by molar-refractivity contribution is 7.30. The van der Waals surface area contributed by atoms with Gasteiger partial charge in [-0.05, 0) is 36.4 Å². The molecule has 0 amide bonds. The number of hydrogen-bond acceptors (Lipinski definition) is 4. The standard InChI is InChI=1S/3C4H4O.H3O3P/c3*1-2-4-5-3-1;1-4(2)3/h3*1-4H;4H,(H2,1,2,3). The lowest BCUT2D eigenvalue weighted by Gasteiger charge is -1.61. The highest BCUT2D eigenvalue weighted by Gasteiger charge is 1.62. The van der Waals surface area contributed by atoms with Crippen molar-refractivity contribution in [3.05, 3.63) is 74.0 Å². The first-order chi connectivity index (χ1) is 9.23. The molecule has 0 aromatic carbocycles. The average molecular weight is 286 g/mol. The zero-order chi connectivity index (χ0) is 14.2. The fourth-order valence-corrected chi connectivity index (χ4v) is 0.680. The number of hydrogen-bond donors (Lipinski definition) is 2. The Morgan fingerprint density at radius 1 is 0.579 bits per heavy atom. The Morgan fingerprint density at radius 2 is 0.737 bits per heavy atom. The fraction of sp³-hybridized carbons (Fsp3) is 0. The van der Waals surface area contributed by atoms with Crippen molar-refractivity contribution in [2.75, 3.05) is 0 Å². The second-order valence-corrected chi connectivity index (χ2v) is 3.23. The quantitative estimate of drug-likeness (QED) is 0.616. The van der Waals surface area contributed by atoms with Crippen LogP contribution in [0.3, 0.4) is 0 Å². The van der Waals surface area contributed by atoms with Gasteiger partial charge in [0, 0.05) is 0 Å². The molecule has 0 atom stereocenters. The van der Waals surface area contributed by atoms with E-state index in [1.54, 1.807) is 37.6 Å². The van der Waals surface area contributed by atoms with Gasteiger partial charge in [0.05, 0.1) is 37.6 Å². The molecule has 0 saturated carbocycles. The second kappa shape index (κ2) is 14.1. The van der Waals surface area contributed by atoms with Crippen molar-refractivity contribution in [2.45, 2.75) is 0 Å². The van der Waals surface area contributed by atoms with E-state index in [4.69, 9.17) is 14.4 Å². The van der Waals surface area contributed by atoms with Gasteiger partial charge >= 0.3 is 8.25 Å². The summed E-state index contributed by atoms with van der Waals surface area (Å²) in [4.78, 5) is 14.3. The lowest BCUT2D eigenvalue weighted by Crippen LogP contribution is -1.38. The molecule has 7 heteroatoms. The normalized spacial score (nSPS) is 8.16. The van der Waals surface area contributed by atoms with Crippen molar-refractivity contribution in [3.63, 3.8) is 0 Å². The molecule has 0 unspecified atom stereocenters. The van der Waals surface area contributed by atoms with Gasteiger partial charge in [0.15, 0.2) is 0 Å². The minimum Gasteiger partial charge on any atom is -0.473 e. The van der Waals surface area contributed by atoms with Gasteiger partial charge in [-0.1, -0.05) is 0 Å². The van der Waals surface area contributed by atoms with E-state index in [0.29, 0.717) is 0 Å². The summed E-state index contributed by atoms with van der Waals surface area (Å²) >= 11 is 0. The molecule has 0 radical (unpaired) electrons. The predicted molar refractivity (Wildman–Crippen MR) is 69.6 cm³/mol. The van der Waals surface area contributed by atoms with Crippen LogP contribution in [0.25, 0.3) is 0 Å². The van der Waals surface area contributed by atoms with Crippen molar-refractivity contribution in [1.29, 1.82) is 0 Å². The summed E-state index contributed by atoms with van der Waals surface area (Å²) in [7, 11) is -3.13. The topological polar surface area (TPSA) is 97.0 Å². The van der Waals surface area contributed by atoms with Crippen LogP contribution in [0.5, 0.6) is 0 Å². The van der Waals surface area contributed by atoms with Gasteiger partial charge in [0.25, 0.3) is 0 Å². The molecule has 0 bridgehead atoms. The van der Waals surface area contributed by atoms with E-state index in [1.807, 2.05) is 36.4 Å². The van der Waals surface area contributed by atoms with Gasteiger partial charge in [-0.2, -0.15) is 0 Å². The third-order valence-corrected chi connectivity index (χ3v) is 1.28. The molecule has 0 aliphatic heterocycles. The van der Waals surface area contributed by atoms with Gasteiger partial charge in [-0.25, -0.2) is 0 Å². The molecule has 6 nitrogen and oxygen atoms in total. The SMILES string of the molecule is O=[PH](O)O.c1ccoc1.c1ccoc1.c1ccoc1. The van der Waals surface area contributed by atoms with E-state index in [0.717, 1.165) is 0 Å². The summed E-state index contributed by atoms with van der Waals surface area (Å²) in [5.41, 5.74) is 0. The third kappa shape index (κ3) is 18.5. The molecule has 3 aromatic rings. The van der Waals surface area contributed by atoms with E-state index >= 15 is 0 Å². The molecule has 19 heavy (non-hydrogen) atoms. The summed E-state index contributed by atoms with van der Waals surface area (Å²) in [5.74, 6) is 0. The molecule has 0 aliphatic rings. The van der Waals surface area contributed by atoms with Crippen LogP contribution in [0.15, 0.2) is 87.2 Å². The zero-order valence-electron chi connectivity index (χ0n) is 9.96. The Bertz CT molecular complexity index is 328. The van der Waals surface area contributed by atoms with Crippen molar-refractivity contribution in [3.8, 4) is 0 Å². The van der Waals surface area contributed by atoms with E-state index < -0.39 is 8.25 Å². The summed E-state index contributed by atoms with van der Waals surface area (Å²) in [6.45, 7) is 0. The summed E-state index contributed by atoms with van der Waals surface area (Å²) in [6, 6.07) is 11.0. The van der Waals surface area contributed by atoms with E-state index in [1.165, 1.54) is 0 Å². The maximum atomic E-state index is 8.74. The molecule has 2 N–H and O–H groups in total. The number of furan rings is 3. The van der Waals surface area contributed by atoms with Gasteiger partial charge < -0.3 is 23.0 Å². The van der Waals surface area contributed by atoms with E-state index in [2.05, 4.69) is 13.3 Å². The summed E-state index contributed by atoms with van der Waals surface area (Å²) < 4.78 is 22.5. The first-order valence-corrected chi connectivity index (χ1v) is 6.37. The molecule has 0 spiro atoms. The largest absolute Gasteiger partial charge is 0.473 e. The van der Waals surface area contributed by atoms with Gasteiger partial charge in [-0.15, -0.1) is 0 Å². The molecule has 0 fully saturated rings. The maximum Gasteiger partial charge on any atom is 0.314 e. The highest BCUT2D eigenvalue weighted by Crippen LogP contribution is 1.98. The first kappa shape index (κ1) is 17.0. The molecule has 0 aliphatic carbocycles. The van der Waals surface area contributed by atoms with E-state index in [-0.39, 0.29) is 0 Å². The van der Waals surface area contributed by atoms with Gasteiger partial charge in [0.1, 0.15) is 0 Å². The number of rotatable bonds is 0. The molecule has 3 heterocycles. The lowest BCUT2D eigenvalue weighted by molar-refractivity contribution is 0.405. The van der Waals surface area contributed by atoms with Gasteiger partial charge in [-0.3, -0.25) is 4.57 Å². The van der Waals surface area contributed by atoms with Crippen LogP contribution in [-0.4, -0.2) is 9.79 Å².